The molecule has 8 heteroatoms. The van der Waals surface area contributed by atoms with Gasteiger partial charge < -0.3 is 4.90 Å². The maximum Gasteiger partial charge on any atom is 0.243 e. The van der Waals surface area contributed by atoms with Crippen molar-refractivity contribution in [3.8, 4) is 0 Å². The zero-order valence-corrected chi connectivity index (χ0v) is 19.4. The Hall–Kier alpha value is -1.77. The molecular formula is C23H33N3O4S. The molecule has 170 valence electrons. The first kappa shape index (κ1) is 22.4. The highest BCUT2D eigenvalue weighted by atomic mass is 32.2. The third kappa shape index (κ3) is 4.30. The van der Waals surface area contributed by atoms with Gasteiger partial charge in [0.25, 0.3) is 0 Å². The van der Waals surface area contributed by atoms with Crippen LogP contribution in [0.25, 0.3) is 0 Å². The van der Waals surface area contributed by atoms with Crippen LogP contribution in [-0.2, 0) is 26.2 Å². The third-order valence-electron chi connectivity index (χ3n) is 7.01. The van der Waals surface area contributed by atoms with Gasteiger partial charge in [0.1, 0.15) is 0 Å². The predicted molar refractivity (Wildman–Crippen MR) is 118 cm³/mol. The van der Waals surface area contributed by atoms with Crippen molar-refractivity contribution < 1.29 is 18.0 Å². The van der Waals surface area contributed by atoms with E-state index in [1.54, 1.807) is 23.4 Å². The molecule has 4 rings (SSSR count). The van der Waals surface area contributed by atoms with Gasteiger partial charge in [0.05, 0.1) is 23.3 Å². The summed E-state index contributed by atoms with van der Waals surface area (Å²) in [5.74, 6) is -0.554. The Morgan fingerprint density at radius 2 is 1.58 bits per heavy atom. The van der Waals surface area contributed by atoms with Gasteiger partial charge in [-0.15, -0.1) is 0 Å². The van der Waals surface area contributed by atoms with Crippen LogP contribution >= 0.6 is 0 Å². The van der Waals surface area contributed by atoms with Crippen LogP contribution in [0.5, 0.6) is 0 Å². The highest BCUT2D eigenvalue weighted by molar-refractivity contribution is 7.89. The Bertz CT molecular complexity index is 930. The maximum atomic E-state index is 13.4. The zero-order valence-electron chi connectivity index (χ0n) is 18.5. The molecule has 2 atom stereocenters. The summed E-state index contributed by atoms with van der Waals surface area (Å²) in [6, 6.07) is 5.27. The van der Waals surface area contributed by atoms with Crippen molar-refractivity contribution in [2.45, 2.75) is 57.4 Å². The number of benzene rings is 1. The van der Waals surface area contributed by atoms with Crippen molar-refractivity contribution in [1.82, 2.24) is 14.1 Å². The summed E-state index contributed by atoms with van der Waals surface area (Å²) < 4.78 is 28.3. The van der Waals surface area contributed by atoms with Crippen molar-refractivity contribution in [3.63, 3.8) is 0 Å². The lowest BCUT2D eigenvalue weighted by Crippen LogP contribution is -2.48. The Morgan fingerprint density at radius 3 is 2.16 bits per heavy atom. The molecule has 31 heavy (non-hydrogen) atoms. The summed E-state index contributed by atoms with van der Waals surface area (Å²) in [4.78, 5) is 29.5. The van der Waals surface area contributed by atoms with Crippen LogP contribution in [0.2, 0.25) is 0 Å². The van der Waals surface area contributed by atoms with Gasteiger partial charge in [-0.2, -0.15) is 4.31 Å². The Labute approximate surface area is 185 Å². The molecule has 2 saturated heterocycles. The Balaban J connectivity index is 1.52. The molecule has 3 fully saturated rings. The second-order valence-electron chi connectivity index (χ2n) is 9.11. The van der Waals surface area contributed by atoms with Crippen molar-refractivity contribution in [2.24, 2.45) is 11.8 Å². The number of amides is 2. The summed E-state index contributed by atoms with van der Waals surface area (Å²) in [5.41, 5.74) is 1.38. The number of aryl methyl sites for hydroxylation is 1. The van der Waals surface area contributed by atoms with E-state index in [1.807, 2.05) is 6.07 Å². The molecule has 0 radical (unpaired) electrons. The van der Waals surface area contributed by atoms with Gasteiger partial charge in [-0.1, -0.05) is 31.9 Å². The minimum atomic E-state index is -3.62. The number of nitrogens with zero attached hydrogens (tertiary/aromatic N) is 3. The van der Waals surface area contributed by atoms with Crippen molar-refractivity contribution in [1.29, 1.82) is 0 Å². The number of carbonyl (C=O) groups excluding carboxylic acids is 2. The molecule has 7 nitrogen and oxygen atoms in total. The smallest absolute Gasteiger partial charge is 0.243 e. The van der Waals surface area contributed by atoms with Gasteiger partial charge in [0.15, 0.2) is 0 Å². The molecule has 1 aromatic rings. The number of sulfonamides is 1. The maximum absolute atomic E-state index is 13.4. The first-order valence-electron chi connectivity index (χ1n) is 11.5. The van der Waals surface area contributed by atoms with E-state index in [0.29, 0.717) is 24.2 Å². The standard InChI is InChI=1S/C23H33N3O4S/c1-3-10-24-11-13-25(14-12-24)31(29,30)21-15-18(9-8-17(21)2)16-26-22(27)19-6-4-5-7-20(19)23(26)28/h8-9,15,19-20H,3-7,10-14,16H2,1-2H3/t19-,20-/m1/s1. The molecule has 0 N–H and O–H groups in total. The monoisotopic (exact) mass is 447 g/mol. The number of carbonyl (C=O) groups is 2. The molecule has 0 aromatic heterocycles. The van der Waals surface area contributed by atoms with Gasteiger partial charge >= 0.3 is 0 Å². The predicted octanol–water partition coefficient (Wildman–Crippen LogP) is 2.39. The zero-order chi connectivity index (χ0) is 22.2. The van der Waals surface area contributed by atoms with E-state index >= 15 is 0 Å². The quantitative estimate of drug-likeness (QED) is 0.626. The summed E-state index contributed by atoms with van der Waals surface area (Å²) >= 11 is 0. The number of fused-ring (bicyclic) bond motifs is 1. The van der Waals surface area contributed by atoms with Crippen molar-refractivity contribution in [2.75, 3.05) is 32.7 Å². The van der Waals surface area contributed by atoms with Crippen LogP contribution in [-0.4, -0.2) is 67.1 Å². The van der Waals surface area contributed by atoms with Gasteiger partial charge in [0.2, 0.25) is 21.8 Å². The number of imide groups is 1. The average Bonchev–Trinajstić information content (AvgIpc) is 3.00. The van der Waals surface area contributed by atoms with E-state index in [9.17, 15) is 18.0 Å². The lowest BCUT2D eigenvalue weighted by molar-refractivity contribution is -0.140. The minimum Gasteiger partial charge on any atom is -0.301 e. The van der Waals surface area contributed by atoms with Crippen LogP contribution in [0.4, 0.5) is 0 Å². The Morgan fingerprint density at radius 1 is 0.968 bits per heavy atom. The molecule has 0 bridgehead atoms. The molecule has 0 spiro atoms. The highest BCUT2D eigenvalue weighted by Gasteiger charge is 2.48. The molecule has 2 amide bonds. The largest absolute Gasteiger partial charge is 0.301 e. The van der Waals surface area contributed by atoms with Crippen LogP contribution in [0.3, 0.4) is 0 Å². The van der Waals surface area contributed by atoms with Gasteiger partial charge in [0, 0.05) is 26.2 Å². The second-order valence-corrected chi connectivity index (χ2v) is 11.0. The van der Waals surface area contributed by atoms with Gasteiger partial charge in [-0.3, -0.25) is 14.5 Å². The number of hydrogen-bond donors (Lipinski definition) is 0. The molecule has 0 unspecified atom stereocenters. The highest BCUT2D eigenvalue weighted by Crippen LogP contribution is 2.38. The van der Waals surface area contributed by atoms with Crippen molar-refractivity contribution >= 4 is 21.8 Å². The van der Waals surface area contributed by atoms with E-state index in [-0.39, 0.29) is 35.1 Å². The van der Waals surface area contributed by atoms with E-state index in [2.05, 4.69) is 11.8 Å². The summed E-state index contributed by atoms with van der Waals surface area (Å²) in [6.07, 6.45) is 4.61. The third-order valence-corrected chi connectivity index (χ3v) is 9.06. The molecule has 2 heterocycles. The van der Waals surface area contributed by atoms with Crippen LogP contribution in [0.15, 0.2) is 23.1 Å². The average molecular weight is 448 g/mol. The van der Waals surface area contributed by atoms with Gasteiger partial charge in [-0.25, -0.2) is 8.42 Å². The summed E-state index contributed by atoms with van der Waals surface area (Å²) in [5, 5.41) is 0. The summed E-state index contributed by atoms with van der Waals surface area (Å²) in [6.45, 7) is 7.52. The van der Waals surface area contributed by atoms with Crippen molar-refractivity contribution in [3.05, 3.63) is 29.3 Å². The van der Waals surface area contributed by atoms with E-state index < -0.39 is 10.0 Å². The molecule has 1 aliphatic carbocycles. The number of piperazine rings is 1. The first-order valence-corrected chi connectivity index (χ1v) is 12.9. The SMILES string of the molecule is CCCN1CCN(S(=O)(=O)c2cc(CN3C(=O)[C@@H]4CCCC[C@H]4C3=O)ccc2C)CC1. The Kier molecular flexibility index (Phi) is 6.51. The fourth-order valence-electron chi connectivity index (χ4n) is 5.24. The fourth-order valence-corrected chi connectivity index (χ4v) is 6.94. The van der Waals surface area contributed by atoms with E-state index in [1.165, 1.54) is 4.90 Å². The fraction of sp³-hybridized carbons (Fsp3) is 0.652. The second kappa shape index (κ2) is 9.00. The van der Waals surface area contributed by atoms with E-state index in [4.69, 9.17) is 0 Å². The van der Waals surface area contributed by atoms with Crippen LogP contribution in [0.1, 0.15) is 50.2 Å². The molecular weight excluding hydrogens is 414 g/mol. The normalized spacial score (nSPS) is 25.8. The topological polar surface area (TPSA) is 78.0 Å². The van der Waals surface area contributed by atoms with Gasteiger partial charge in [-0.05, 0) is 49.9 Å². The lowest BCUT2D eigenvalue weighted by Gasteiger charge is -2.34. The van der Waals surface area contributed by atoms with Crippen LogP contribution in [0, 0.1) is 18.8 Å². The number of rotatable bonds is 6. The number of hydrogen-bond acceptors (Lipinski definition) is 5. The minimum absolute atomic E-state index is 0.0910. The molecule has 3 aliphatic rings. The van der Waals surface area contributed by atoms with Crippen LogP contribution < -0.4 is 0 Å². The first-order chi connectivity index (χ1) is 14.8. The molecule has 1 aromatic carbocycles. The molecule has 2 aliphatic heterocycles. The summed E-state index contributed by atoms with van der Waals surface area (Å²) in [7, 11) is -3.62. The molecule has 1 saturated carbocycles. The van der Waals surface area contributed by atoms with E-state index in [0.717, 1.165) is 51.7 Å². The number of likely N-dealkylation sites (tertiary alicyclic amines) is 1. The lowest BCUT2D eigenvalue weighted by atomic mass is 9.81.